The summed E-state index contributed by atoms with van der Waals surface area (Å²) in [5.41, 5.74) is 8.73. The zero-order valence-electron chi connectivity index (χ0n) is 9.26. The number of rotatable bonds is 3. The standard InChI is InChI=1S/C12H12BrClN2S/c1-7-4-11(9(13)5-10(7)15)16-6-8-2-3-12(14)17-8/h2-5,16H,6,15H2,1H3. The first-order valence-corrected chi connectivity index (χ1v) is 7.08. The molecule has 0 aliphatic rings. The van der Waals surface area contributed by atoms with E-state index in [1.165, 1.54) is 4.88 Å². The first-order valence-electron chi connectivity index (χ1n) is 5.10. The number of benzene rings is 1. The molecule has 0 fully saturated rings. The number of aryl methyl sites for hydroxylation is 1. The Balaban J connectivity index is 2.11. The Labute approximate surface area is 118 Å². The Bertz CT molecular complexity index is 539. The van der Waals surface area contributed by atoms with E-state index in [1.54, 1.807) is 11.3 Å². The highest BCUT2D eigenvalue weighted by molar-refractivity contribution is 9.10. The SMILES string of the molecule is Cc1cc(NCc2ccc(Cl)s2)c(Br)cc1N. The van der Waals surface area contributed by atoms with E-state index >= 15 is 0 Å². The first kappa shape index (κ1) is 12.7. The van der Waals surface area contributed by atoms with Gasteiger partial charge in [-0.1, -0.05) is 11.6 Å². The number of halogens is 2. The second-order valence-corrected chi connectivity index (χ2v) is 6.40. The first-order chi connectivity index (χ1) is 8.06. The highest BCUT2D eigenvalue weighted by Gasteiger charge is 2.04. The normalized spacial score (nSPS) is 10.5. The van der Waals surface area contributed by atoms with E-state index in [-0.39, 0.29) is 0 Å². The lowest BCUT2D eigenvalue weighted by atomic mass is 10.2. The molecule has 0 aliphatic heterocycles. The fourth-order valence-electron chi connectivity index (χ4n) is 1.46. The summed E-state index contributed by atoms with van der Waals surface area (Å²) in [5.74, 6) is 0. The summed E-state index contributed by atoms with van der Waals surface area (Å²) in [6.07, 6.45) is 0. The molecule has 0 amide bonds. The van der Waals surface area contributed by atoms with Crippen molar-refractivity contribution >= 4 is 50.2 Å². The van der Waals surface area contributed by atoms with E-state index in [2.05, 4.69) is 21.2 Å². The lowest BCUT2D eigenvalue weighted by molar-refractivity contribution is 1.18. The predicted octanol–water partition coefficient (Wildman–Crippen LogP) is 4.67. The Morgan fingerprint density at radius 1 is 1.41 bits per heavy atom. The van der Waals surface area contributed by atoms with Crippen LogP contribution in [0.4, 0.5) is 11.4 Å². The van der Waals surface area contributed by atoms with Gasteiger partial charge < -0.3 is 11.1 Å². The summed E-state index contributed by atoms with van der Waals surface area (Å²) >= 11 is 11.0. The number of hydrogen-bond acceptors (Lipinski definition) is 3. The van der Waals surface area contributed by atoms with Gasteiger partial charge in [-0.3, -0.25) is 0 Å². The molecule has 0 bridgehead atoms. The van der Waals surface area contributed by atoms with Gasteiger partial charge in [-0.25, -0.2) is 0 Å². The molecule has 2 aromatic rings. The molecule has 90 valence electrons. The van der Waals surface area contributed by atoms with E-state index in [0.717, 1.165) is 32.3 Å². The summed E-state index contributed by atoms with van der Waals surface area (Å²) in [6.45, 7) is 2.76. The molecular weight excluding hydrogens is 320 g/mol. The van der Waals surface area contributed by atoms with Crippen molar-refractivity contribution in [1.29, 1.82) is 0 Å². The van der Waals surface area contributed by atoms with Gasteiger partial charge in [-0.05, 0) is 52.7 Å². The number of nitrogen functional groups attached to an aromatic ring is 1. The zero-order valence-corrected chi connectivity index (χ0v) is 12.4. The molecule has 0 saturated heterocycles. The Hall–Kier alpha value is -0.710. The van der Waals surface area contributed by atoms with Gasteiger partial charge in [0, 0.05) is 27.3 Å². The fraction of sp³-hybridized carbons (Fsp3) is 0.167. The average molecular weight is 332 g/mol. The molecule has 3 N–H and O–H groups in total. The van der Waals surface area contributed by atoms with E-state index in [9.17, 15) is 0 Å². The van der Waals surface area contributed by atoms with Gasteiger partial charge in [0.25, 0.3) is 0 Å². The van der Waals surface area contributed by atoms with Gasteiger partial charge in [-0.2, -0.15) is 0 Å². The molecule has 5 heteroatoms. The Morgan fingerprint density at radius 2 is 2.18 bits per heavy atom. The topological polar surface area (TPSA) is 38.0 Å². The van der Waals surface area contributed by atoms with Crippen molar-refractivity contribution in [2.75, 3.05) is 11.1 Å². The van der Waals surface area contributed by atoms with E-state index in [0.29, 0.717) is 0 Å². The molecule has 0 unspecified atom stereocenters. The van der Waals surface area contributed by atoms with Gasteiger partial charge >= 0.3 is 0 Å². The van der Waals surface area contributed by atoms with Crippen LogP contribution in [0.5, 0.6) is 0 Å². The molecule has 2 nitrogen and oxygen atoms in total. The van der Waals surface area contributed by atoms with Crippen LogP contribution < -0.4 is 11.1 Å². The minimum atomic E-state index is 0.763. The fourth-order valence-corrected chi connectivity index (χ4v) is 2.99. The average Bonchev–Trinajstić information content (AvgIpc) is 2.68. The third-order valence-electron chi connectivity index (χ3n) is 2.44. The molecule has 0 saturated carbocycles. The van der Waals surface area contributed by atoms with Crippen molar-refractivity contribution in [1.82, 2.24) is 0 Å². The molecule has 0 aliphatic carbocycles. The molecular formula is C12H12BrClN2S. The largest absolute Gasteiger partial charge is 0.398 e. The smallest absolute Gasteiger partial charge is 0.0931 e. The molecule has 0 spiro atoms. The molecule has 1 heterocycles. The summed E-state index contributed by atoms with van der Waals surface area (Å²) < 4.78 is 1.79. The maximum atomic E-state index is 5.88. The van der Waals surface area contributed by atoms with Crippen LogP contribution in [-0.4, -0.2) is 0 Å². The second kappa shape index (κ2) is 5.29. The van der Waals surface area contributed by atoms with Crippen molar-refractivity contribution in [3.63, 3.8) is 0 Å². The van der Waals surface area contributed by atoms with Crippen LogP contribution >= 0.6 is 38.9 Å². The van der Waals surface area contributed by atoms with Crippen LogP contribution in [0, 0.1) is 6.92 Å². The van der Waals surface area contributed by atoms with Gasteiger partial charge in [-0.15, -0.1) is 11.3 Å². The van der Waals surface area contributed by atoms with E-state index in [1.807, 2.05) is 31.2 Å². The summed E-state index contributed by atoms with van der Waals surface area (Å²) in [7, 11) is 0. The van der Waals surface area contributed by atoms with E-state index in [4.69, 9.17) is 17.3 Å². The van der Waals surface area contributed by atoms with Crippen molar-refractivity contribution < 1.29 is 0 Å². The third kappa shape index (κ3) is 3.15. The zero-order chi connectivity index (χ0) is 12.4. The maximum absolute atomic E-state index is 5.88. The number of hydrogen-bond donors (Lipinski definition) is 2. The Kier molecular flexibility index (Phi) is 3.97. The number of nitrogens with two attached hydrogens (primary N) is 1. The predicted molar refractivity (Wildman–Crippen MR) is 79.9 cm³/mol. The number of thiophene rings is 1. The Morgan fingerprint density at radius 3 is 2.82 bits per heavy atom. The highest BCUT2D eigenvalue weighted by atomic mass is 79.9. The minimum Gasteiger partial charge on any atom is -0.398 e. The van der Waals surface area contributed by atoms with Gasteiger partial charge in [0.15, 0.2) is 0 Å². The second-order valence-electron chi connectivity index (χ2n) is 3.75. The van der Waals surface area contributed by atoms with Crippen LogP contribution in [0.3, 0.4) is 0 Å². The molecule has 2 rings (SSSR count). The molecule has 17 heavy (non-hydrogen) atoms. The number of nitrogens with one attached hydrogen (secondary N) is 1. The monoisotopic (exact) mass is 330 g/mol. The van der Waals surface area contributed by atoms with Crippen molar-refractivity contribution in [3.8, 4) is 0 Å². The lowest BCUT2D eigenvalue weighted by Gasteiger charge is -2.10. The van der Waals surface area contributed by atoms with Crippen LogP contribution in [0.15, 0.2) is 28.7 Å². The maximum Gasteiger partial charge on any atom is 0.0931 e. The van der Waals surface area contributed by atoms with Crippen molar-refractivity contribution in [2.24, 2.45) is 0 Å². The summed E-state index contributed by atoms with van der Waals surface area (Å²) in [4.78, 5) is 1.20. The minimum absolute atomic E-state index is 0.763. The molecule has 0 atom stereocenters. The third-order valence-corrected chi connectivity index (χ3v) is 4.32. The highest BCUT2D eigenvalue weighted by Crippen LogP contribution is 2.29. The lowest BCUT2D eigenvalue weighted by Crippen LogP contribution is -2.00. The van der Waals surface area contributed by atoms with Crippen molar-refractivity contribution in [2.45, 2.75) is 13.5 Å². The van der Waals surface area contributed by atoms with E-state index < -0.39 is 0 Å². The van der Waals surface area contributed by atoms with Crippen LogP contribution in [0.1, 0.15) is 10.4 Å². The van der Waals surface area contributed by atoms with Crippen LogP contribution in [0.25, 0.3) is 0 Å². The molecule has 1 aromatic carbocycles. The summed E-state index contributed by atoms with van der Waals surface area (Å²) in [5, 5.41) is 3.36. The van der Waals surface area contributed by atoms with Gasteiger partial charge in [0.1, 0.15) is 0 Å². The van der Waals surface area contributed by atoms with Crippen molar-refractivity contribution in [3.05, 3.63) is 43.5 Å². The quantitative estimate of drug-likeness (QED) is 0.802. The molecule has 1 aromatic heterocycles. The van der Waals surface area contributed by atoms with Crippen LogP contribution in [0.2, 0.25) is 4.34 Å². The summed E-state index contributed by atoms with van der Waals surface area (Å²) in [6, 6.07) is 7.89. The van der Waals surface area contributed by atoms with Gasteiger partial charge in [0.05, 0.1) is 4.34 Å². The van der Waals surface area contributed by atoms with Crippen LogP contribution in [-0.2, 0) is 6.54 Å². The molecule has 0 radical (unpaired) electrons. The van der Waals surface area contributed by atoms with Gasteiger partial charge in [0.2, 0.25) is 0 Å². The number of anilines is 2.